The summed E-state index contributed by atoms with van der Waals surface area (Å²) < 4.78 is 12.6. The minimum absolute atomic E-state index is 0. The van der Waals surface area contributed by atoms with E-state index in [4.69, 9.17) is 14.5 Å². The first-order valence-corrected chi connectivity index (χ1v) is 11.1. The van der Waals surface area contributed by atoms with Gasteiger partial charge in [0, 0.05) is 58.1 Å². The minimum Gasteiger partial charge on any atom is -0.497 e. The highest BCUT2D eigenvalue weighted by Gasteiger charge is 2.23. The smallest absolute Gasteiger partial charge is 0.191 e. The van der Waals surface area contributed by atoms with Crippen LogP contribution in [0.1, 0.15) is 30.9 Å². The van der Waals surface area contributed by atoms with E-state index in [1.807, 2.05) is 24.0 Å². The van der Waals surface area contributed by atoms with E-state index in [1.54, 1.807) is 14.2 Å². The summed E-state index contributed by atoms with van der Waals surface area (Å²) in [5.74, 6) is 2.57. The average Bonchev–Trinajstić information content (AvgIpc) is 3.39. The predicted molar refractivity (Wildman–Crippen MR) is 139 cm³/mol. The zero-order valence-electron chi connectivity index (χ0n) is 19.6. The van der Waals surface area contributed by atoms with E-state index in [0.29, 0.717) is 6.04 Å². The molecule has 2 heterocycles. The first-order chi connectivity index (χ1) is 15.1. The van der Waals surface area contributed by atoms with E-state index in [0.717, 1.165) is 69.4 Å². The maximum absolute atomic E-state index is 5.40. The summed E-state index contributed by atoms with van der Waals surface area (Å²) >= 11 is 0. The number of likely N-dealkylation sites (tertiary alicyclic amines) is 1. The van der Waals surface area contributed by atoms with Crippen molar-refractivity contribution in [2.24, 2.45) is 12.0 Å². The van der Waals surface area contributed by atoms with Crippen LogP contribution in [-0.4, -0.2) is 67.1 Å². The molecule has 1 atom stereocenters. The fourth-order valence-corrected chi connectivity index (χ4v) is 3.90. The maximum Gasteiger partial charge on any atom is 0.191 e. The molecule has 178 valence electrons. The third-order valence-electron chi connectivity index (χ3n) is 5.43. The van der Waals surface area contributed by atoms with Crippen LogP contribution in [0, 0.1) is 0 Å². The van der Waals surface area contributed by atoms with E-state index < -0.39 is 0 Å². The van der Waals surface area contributed by atoms with Crippen LogP contribution in [0.4, 0.5) is 0 Å². The van der Waals surface area contributed by atoms with Gasteiger partial charge in [-0.25, -0.2) is 0 Å². The number of ether oxygens (including phenoxy) is 2. The summed E-state index contributed by atoms with van der Waals surface area (Å²) in [5, 5.41) is 11.2. The van der Waals surface area contributed by atoms with E-state index in [9.17, 15) is 0 Å². The minimum atomic E-state index is 0. The van der Waals surface area contributed by atoms with Gasteiger partial charge in [0.1, 0.15) is 11.5 Å². The van der Waals surface area contributed by atoms with Crippen LogP contribution in [0.15, 0.2) is 35.6 Å². The highest BCUT2D eigenvalue weighted by molar-refractivity contribution is 14.0. The zero-order chi connectivity index (χ0) is 22.1. The summed E-state index contributed by atoms with van der Waals surface area (Å²) in [6.45, 7) is 6.67. The molecule has 1 aromatic heterocycles. The fourth-order valence-electron chi connectivity index (χ4n) is 3.90. The lowest BCUT2D eigenvalue weighted by atomic mass is 10.2. The van der Waals surface area contributed by atoms with E-state index in [2.05, 4.69) is 45.9 Å². The lowest BCUT2D eigenvalue weighted by molar-refractivity contribution is 0.321. The average molecular weight is 556 g/mol. The van der Waals surface area contributed by atoms with Crippen molar-refractivity contribution >= 4 is 29.9 Å². The molecule has 0 saturated carbocycles. The molecule has 1 aromatic carbocycles. The molecule has 0 spiro atoms. The monoisotopic (exact) mass is 556 g/mol. The Kier molecular flexibility index (Phi) is 11.1. The number of benzene rings is 1. The Labute approximate surface area is 208 Å². The summed E-state index contributed by atoms with van der Waals surface area (Å²) in [5.41, 5.74) is 2.46. The first-order valence-electron chi connectivity index (χ1n) is 11.1. The van der Waals surface area contributed by atoms with Crippen LogP contribution in [-0.2, 0) is 20.0 Å². The van der Waals surface area contributed by atoms with Gasteiger partial charge in [-0.05, 0) is 49.4 Å². The van der Waals surface area contributed by atoms with Crippen molar-refractivity contribution in [1.82, 2.24) is 25.3 Å². The van der Waals surface area contributed by atoms with E-state index >= 15 is 0 Å². The van der Waals surface area contributed by atoms with Crippen molar-refractivity contribution in [3.63, 3.8) is 0 Å². The normalized spacial score (nSPS) is 16.5. The lowest BCUT2D eigenvalue weighted by Gasteiger charge is -2.19. The number of nitrogens with one attached hydrogen (secondary N) is 2. The van der Waals surface area contributed by atoms with Crippen molar-refractivity contribution < 1.29 is 9.47 Å². The zero-order valence-corrected chi connectivity index (χ0v) is 22.0. The molecule has 0 bridgehead atoms. The van der Waals surface area contributed by atoms with Crippen LogP contribution in [0.25, 0.3) is 0 Å². The van der Waals surface area contributed by atoms with Crippen molar-refractivity contribution in [3.8, 4) is 11.5 Å². The predicted octanol–water partition coefficient (Wildman–Crippen LogP) is 2.82. The molecule has 1 unspecified atom stereocenters. The molecule has 0 radical (unpaired) electrons. The Bertz CT molecular complexity index is 835. The number of halogens is 1. The number of hydrogen-bond acceptors (Lipinski definition) is 5. The number of aryl methyl sites for hydroxylation is 2. The van der Waals surface area contributed by atoms with E-state index in [-0.39, 0.29) is 24.0 Å². The largest absolute Gasteiger partial charge is 0.497 e. The number of aliphatic imine (C=N–C) groups is 1. The highest BCUT2D eigenvalue weighted by atomic mass is 127. The molecule has 3 rings (SSSR count). The number of aromatic nitrogens is 2. The SMILES string of the molecule is CCNC(=NCCCc1cnn(C)c1)NC1CCN(Cc2cc(OC)cc(OC)c2)C1.I. The van der Waals surface area contributed by atoms with Gasteiger partial charge >= 0.3 is 0 Å². The number of hydrogen-bond donors (Lipinski definition) is 2. The standard InChI is InChI=1S/C23H36N6O2.HI/c1-5-24-23(25-9-6-7-18-14-26-28(2)15-18)27-20-8-10-29(17-20)16-19-11-21(30-3)13-22(12-19)31-4;/h11-15,20H,5-10,16-17H2,1-4H3,(H2,24,25,27);1H. The van der Waals surface area contributed by atoms with Crippen LogP contribution < -0.4 is 20.1 Å². The third-order valence-corrected chi connectivity index (χ3v) is 5.43. The van der Waals surface area contributed by atoms with Gasteiger partial charge in [0.15, 0.2) is 5.96 Å². The summed E-state index contributed by atoms with van der Waals surface area (Å²) in [6, 6.07) is 6.46. The molecule has 0 amide bonds. The fraction of sp³-hybridized carbons (Fsp3) is 0.565. The molecule has 1 fully saturated rings. The van der Waals surface area contributed by atoms with Crippen molar-refractivity contribution in [2.75, 3.05) is 40.4 Å². The van der Waals surface area contributed by atoms with Gasteiger partial charge in [-0.2, -0.15) is 5.10 Å². The second kappa shape index (κ2) is 13.5. The molecule has 1 saturated heterocycles. The molecule has 1 aliphatic rings. The van der Waals surface area contributed by atoms with Gasteiger partial charge in [0.25, 0.3) is 0 Å². The van der Waals surface area contributed by atoms with Crippen molar-refractivity contribution in [3.05, 3.63) is 41.7 Å². The number of guanidine groups is 1. The Hall–Kier alpha value is -2.01. The van der Waals surface area contributed by atoms with Gasteiger partial charge in [-0.1, -0.05) is 0 Å². The third kappa shape index (κ3) is 8.16. The van der Waals surface area contributed by atoms with Crippen molar-refractivity contribution in [1.29, 1.82) is 0 Å². The van der Waals surface area contributed by atoms with Gasteiger partial charge in [-0.15, -0.1) is 24.0 Å². The molecule has 0 aliphatic carbocycles. The van der Waals surface area contributed by atoms with Crippen molar-refractivity contribution in [2.45, 2.75) is 38.8 Å². The summed E-state index contributed by atoms with van der Waals surface area (Å²) in [7, 11) is 5.32. The van der Waals surface area contributed by atoms with E-state index in [1.165, 1.54) is 11.1 Å². The number of nitrogens with zero attached hydrogens (tertiary/aromatic N) is 4. The molecular weight excluding hydrogens is 519 g/mol. The lowest BCUT2D eigenvalue weighted by Crippen LogP contribution is -2.44. The van der Waals surface area contributed by atoms with Crippen LogP contribution in [0.2, 0.25) is 0 Å². The van der Waals surface area contributed by atoms with Gasteiger partial charge in [-0.3, -0.25) is 14.6 Å². The maximum atomic E-state index is 5.40. The second-order valence-electron chi connectivity index (χ2n) is 7.97. The topological polar surface area (TPSA) is 75.9 Å². The Morgan fingerprint density at radius 1 is 1.19 bits per heavy atom. The Morgan fingerprint density at radius 3 is 2.56 bits per heavy atom. The number of methoxy groups -OCH3 is 2. The molecular formula is C23H37IN6O2. The molecule has 32 heavy (non-hydrogen) atoms. The van der Waals surface area contributed by atoms with Gasteiger partial charge < -0.3 is 20.1 Å². The molecule has 2 aromatic rings. The van der Waals surface area contributed by atoms with Crippen LogP contribution in [0.5, 0.6) is 11.5 Å². The van der Waals surface area contributed by atoms with Gasteiger partial charge in [0.2, 0.25) is 0 Å². The van der Waals surface area contributed by atoms with Crippen LogP contribution >= 0.6 is 24.0 Å². The molecule has 1 aliphatic heterocycles. The second-order valence-corrected chi connectivity index (χ2v) is 7.97. The molecule has 8 nitrogen and oxygen atoms in total. The first kappa shape index (κ1) is 26.2. The quantitative estimate of drug-likeness (QED) is 0.203. The van der Waals surface area contributed by atoms with Gasteiger partial charge in [0.05, 0.1) is 20.4 Å². The Morgan fingerprint density at radius 2 is 1.94 bits per heavy atom. The molecule has 2 N–H and O–H groups in total. The Balaban J connectivity index is 0.00000363. The molecule has 9 heteroatoms. The highest BCUT2D eigenvalue weighted by Crippen LogP contribution is 2.24. The summed E-state index contributed by atoms with van der Waals surface area (Å²) in [6.07, 6.45) is 7.10. The summed E-state index contributed by atoms with van der Waals surface area (Å²) in [4.78, 5) is 7.23. The number of rotatable bonds is 10. The van der Waals surface area contributed by atoms with Crippen LogP contribution in [0.3, 0.4) is 0 Å².